The number of carbonyl (C=O) groups is 2. The molecule has 0 saturated heterocycles. The van der Waals surface area contributed by atoms with E-state index in [-0.39, 0.29) is 12.6 Å². The Labute approximate surface area is 123 Å². The number of nitrogens with zero attached hydrogens (tertiary/aromatic N) is 2. The van der Waals surface area contributed by atoms with E-state index in [1.807, 2.05) is 0 Å². The molecule has 7 heteroatoms. The Bertz CT molecular complexity index is 465. The molecule has 112 valence electrons. The summed E-state index contributed by atoms with van der Waals surface area (Å²) >= 11 is 4.02. The van der Waals surface area contributed by atoms with Gasteiger partial charge in [-0.1, -0.05) is 0 Å². The first-order valence-corrected chi connectivity index (χ1v) is 6.98. The molecule has 0 bridgehead atoms. The van der Waals surface area contributed by atoms with E-state index in [0.717, 1.165) is 0 Å². The Morgan fingerprint density at radius 2 is 2.10 bits per heavy atom. The van der Waals surface area contributed by atoms with E-state index in [4.69, 9.17) is 9.47 Å². The molecule has 1 heterocycles. The molecule has 0 radical (unpaired) electrons. The zero-order valence-corrected chi connectivity index (χ0v) is 12.9. The lowest BCUT2D eigenvalue weighted by atomic mass is 10.2. The van der Waals surface area contributed by atoms with Gasteiger partial charge in [-0.3, -0.25) is 4.79 Å². The number of carbonyl (C=O) groups excluding carboxylic acids is 2. The molecular formula is C13H20N2O4S. The molecule has 20 heavy (non-hydrogen) atoms. The van der Waals surface area contributed by atoms with Crippen LogP contribution in [-0.2, 0) is 20.9 Å². The van der Waals surface area contributed by atoms with Gasteiger partial charge in [-0.25, -0.2) is 14.3 Å². The summed E-state index contributed by atoms with van der Waals surface area (Å²) < 4.78 is 11.4. The monoisotopic (exact) mass is 300 g/mol. The van der Waals surface area contributed by atoms with Gasteiger partial charge in [-0.2, -0.15) is 12.6 Å². The maximum absolute atomic E-state index is 11.7. The molecular weight excluding hydrogens is 280 g/mol. The number of imidazole rings is 1. The predicted molar refractivity (Wildman–Crippen MR) is 76.7 cm³/mol. The first-order chi connectivity index (χ1) is 9.31. The minimum Gasteiger partial charge on any atom is -0.459 e. The third-order valence-electron chi connectivity index (χ3n) is 2.16. The fourth-order valence-corrected chi connectivity index (χ4v) is 1.46. The van der Waals surface area contributed by atoms with Crippen LogP contribution in [0.2, 0.25) is 0 Å². The van der Waals surface area contributed by atoms with Gasteiger partial charge < -0.3 is 9.47 Å². The van der Waals surface area contributed by atoms with E-state index in [0.29, 0.717) is 24.3 Å². The van der Waals surface area contributed by atoms with Gasteiger partial charge in [0.1, 0.15) is 18.5 Å². The van der Waals surface area contributed by atoms with E-state index in [2.05, 4.69) is 17.6 Å². The summed E-state index contributed by atoms with van der Waals surface area (Å²) in [6.45, 7) is 5.39. The van der Waals surface area contributed by atoms with Crippen LogP contribution in [0.5, 0.6) is 0 Å². The van der Waals surface area contributed by atoms with Crippen molar-refractivity contribution in [3.8, 4) is 0 Å². The second kappa shape index (κ2) is 7.33. The van der Waals surface area contributed by atoms with Gasteiger partial charge in [0.05, 0.1) is 5.69 Å². The lowest BCUT2D eigenvalue weighted by Gasteiger charge is -2.19. The van der Waals surface area contributed by atoms with E-state index in [1.165, 1.54) is 17.1 Å². The quantitative estimate of drug-likeness (QED) is 0.668. The van der Waals surface area contributed by atoms with Crippen molar-refractivity contribution in [1.82, 2.24) is 9.55 Å². The fraction of sp³-hybridized carbons (Fsp3) is 0.615. The summed E-state index contributed by atoms with van der Waals surface area (Å²) in [5.74, 6) is 0.341. The molecule has 0 aliphatic rings. The molecule has 0 N–H and O–H groups in total. The van der Waals surface area contributed by atoms with Crippen molar-refractivity contribution in [2.45, 2.75) is 45.8 Å². The predicted octanol–water partition coefficient (Wildman–Crippen LogP) is 2.42. The van der Waals surface area contributed by atoms with Crippen LogP contribution in [0.3, 0.4) is 0 Å². The van der Waals surface area contributed by atoms with Crippen molar-refractivity contribution < 1.29 is 19.1 Å². The maximum Gasteiger partial charge on any atom is 0.419 e. The molecule has 0 aliphatic carbocycles. The molecule has 0 aromatic carbocycles. The van der Waals surface area contributed by atoms with Crippen LogP contribution >= 0.6 is 12.6 Å². The summed E-state index contributed by atoms with van der Waals surface area (Å²) in [7, 11) is 0. The van der Waals surface area contributed by atoms with Crippen molar-refractivity contribution in [2.75, 3.05) is 5.75 Å². The van der Waals surface area contributed by atoms with Gasteiger partial charge in [0.2, 0.25) is 0 Å². The Balaban J connectivity index is 2.47. The summed E-state index contributed by atoms with van der Waals surface area (Å²) in [5.41, 5.74) is -0.0732. The number of thiol groups is 1. The fourth-order valence-electron chi connectivity index (χ4n) is 1.30. The SMILES string of the molecule is CC(C)(C)OC(=O)n1cnc(COC(=O)CCCS)c1. The Kier molecular flexibility index (Phi) is 6.06. The first-order valence-electron chi connectivity index (χ1n) is 6.34. The standard InChI is InChI=1S/C13H20N2O4S/c1-13(2,3)19-12(17)15-7-10(14-9-15)8-18-11(16)5-4-6-20/h7,9,20H,4-6,8H2,1-3H3. The molecule has 0 fully saturated rings. The van der Waals surface area contributed by atoms with E-state index < -0.39 is 11.7 Å². The smallest absolute Gasteiger partial charge is 0.419 e. The molecule has 1 aromatic rings. The minimum absolute atomic E-state index is 0.0429. The van der Waals surface area contributed by atoms with Gasteiger partial charge >= 0.3 is 12.1 Å². The second-order valence-corrected chi connectivity index (χ2v) is 5.69. The van der Waals surface area contributed by atoms with Gasteiger partial charge in [-0.15, -0.1) is 0 Å². The third-order valence-corrected chi connectivity index (χ3v) is 2.48. The number of hydrogen-bond donors (Lipinski definition) is 1. The van der Waals surface area contributed by atoms with Gasteiger partial charge in [0, 0.05) is 12.6 Å². The number of aromatic nitrogens is 2. The number of esters is 1. The highest BCUT2D eigenvalue weighted by atomic mass is 32.1. The number of hydrogen-bond acceptors (Lipinski definition) is 6. The highest BCUT2D eigenvalue weighted by Crippen LogP contribution is 2.09. The third kappa shape index (κ3) is 6.10. The van der Waals surface area contributed by atoms with Crippen molar-refractivity contribution >= 4 is 24.7 Å². The molecule has 0 aliphatic heterocycles. The molecule has 0 saturated carbocycles. The van der Waals surface area contributed by atoms with Gasteiger partial charge in [-0.05, 0) is 32.9 Å². The van der Waals surface area contributed by atoms with Crippen LogP contribution in [0, 0.1) is 0 Å². The van der Waals surface area contributed by atoms with Crippen LogP contribution in [0.1, 0.15) is 39.3 Å². The normalized spacial score (nSPS) is 11.2. The summed E-state index contributed by atoms with van der Waals surface area (Å²) in [6, 6.07) is 0. The molecule has 0 atom stereocenters. The maximum atomic E-state index is 11.7. The molecule has 6 nitrogen and oxygen atoms in total. The second-order valence-electron chi connectivity index (χ2n) is 5.24. The van der Waals surface area contributed by atoms with Crippen molar-refractivity contribution in [1.29, 1.82) is 0 Å². The van der Waals surface area contributed by atoms with E-state index in [9.17, 15) is 9.59 Å². The Morgan fingerprint density at radius 1 is 1.40 bits per heavy atom. The number of rotatable bonds is 5. The van der Waals surface area contributed by atoms with Crippen LogP contribution in [-0.4, -0.2) is 33.0 Å². The lowest BCUT2D eigenvalue weighted by molar-refractivity contribution is -0.145. The first kappa shape index (κ1) is 16.6. The van der Waals surface area contributed by atoms with Gasteiger partial charge in [0.15, 0.2) is 0 Å². The topological polar surface area (TPSA) is 70.4 Å². The highest BCUT2D eigenvalue weighted by Gasteiger charge is 2.18. The molecule has 0 amide bonds. The van der Waals surface area contributed by atoms with Crippen LogP contribution in [0.4, 0.5) is 4.79 Å². The zero-order valence-electron chi connectivity index (χ0n) is 12.0. The largest absolute Gasteiger partial charge is 0.459 e. The molecule has 1 rings (SSSR count). The molecule has 1 aromatic heterocycles. The Hall–Kier alpha value is -1.50. The minimum atomic E-state index is -0.569. The van der Waals surface area contributed by atoms with Crippen molar-refractivity contribution in [2.24, 2.45) is 0 Å². The summed E-state index contributed by atoms with van der Waals surface area (Å²) in [5, 5.41) is 0. The van der Waals surface area contributed by atoms with Gasteiger partial charge in [0.25, 0.3) is 0 Å². The Morgan fingerprint density at radius 3 is 2.70 bits per heavy atom. The average molecular weight is 300 g/mol. The van der Waals surface area contributed by atoms with E-state index in [1.54, 1.807) is 20.8 Å². The van der Waals surface area contributed by atoms with Crippen LogP contribution < -0.4 is 0 Å². The van der Waals surface area contributed by atoms with Crippen LogP contribution in [0.15, 0.2) is 12.5 Å². The van der Waals surface area contributed by atoms with E-state index >= 15 is 0 Å². The number of ether oxygens (including phenoxy) is 2. The lowest BCUT2D eigenvalue weighted by Crippen LogP contribution is -2.26. The average Bonchev–Trinajstić information content (AvgIpc) is 2.80. The zero-order chi connectivity index (χ0) is 15.2. The highest BCUT2D eigenvalue weighted by molar-refractivity contribution is 7.80. The van der Waals surface area contributed by atoms with Crippen molar-refractivity contribution in [3.63, 3.8) is 0 Å². The molecule has 0 spiro atoms. The summed E-state index contributed by atoms with van der Waals surface area (Å²) in [4.78, 5) is 27.0. The summed E-state index contributed by atoms with van der Waals surface area (Å²) in [6.07, 6.45) is 3.31. The van der Waals surface area contributed by atoms with Crippen molar-refractivity contribution in [3.05, 3.63) is 18.2 Å². The molecule has 0 unspecified atom stereocenters. The van der Waals surface area contributed by atoms with Crippen LogP contribution in [0.25, 0.3) is 0 Å².